The van der Waals surface area contributed by atoms with Crippen molar-refractivity contribution in [2.24, 2.45) is 0 Å². The van der Waals surface area contributed by atoms with Gasteiger partial charge in [0.25, 0.3) is 0 Å². The van der Waals surface area contributed by atoms with E-state index in [9.17, 15) is 18.0 Å². The van der Waals surface area contributed by atoms with Crippen molar-refractivity contribution in [3.63, 3.8) is 0 Å². The summed E-state index contributed by atoms with van der Waals surface area (Å²) in [4.78, 5) is 23.7. The van der Waals surface area contributed by atoms with E-state index >= 15 is 0 Å². The zero-order chi connectivity index (χ0) is 19.0. The number of anilines is 2. The van der Waals surface area contributed by atoms with Crippen molar-refractivity contribution in [1.82, 2.24) is 0 Å². The maximum absolute atomic E-state index is 12.0. The van der Waals surface area contributed by atoms with Crippen molar-refractivity contribution >= 4 is 33.0 Å². The average molecular weight is 376 g/mol. The lowest BCUT2D eigenvalue weighted by Gasteiger charge is -2.08. The predicted octanol–water partition coefficient (Wildman–Crippen LogP) is 2.08. The molecule has 2 aromatic carbocycles. The molecular weight excluding hydrogens is 356 g/mol. The summed E-state index contributed by atoms with van der Waals surface area (Å²) in [7, 11) is -2.18. The van der Waals surface area contributed by atoms with E-state index in [-0.39, 0.29) is 6.42 Å². The van der Waals surface area contributed by atoms with Crippen molar-refractivity contribution < 1.29 is 22.7 Å². The topological polar surface area (TPSA) is 102 Å². The minimum absolute atomic E-state index is 0.215. The van der Waals surface area contributed by atoms with Gasteiger partial charge in [-0.1, -0.05) is 18.2 Å². The highest BCUT2D eigenvalue weighted by Gasteiger charge is 2.18. The van der Waals surface area contributed by atoms with Crippen LogP contribution in [0, 0.1) is 0 Å². The molecule has 0 aliphatic rings. The molecule has 7 nitrogen and oxygen atoms in total. The van der Waals surface area contributed by atoms with Gasteiger partial charge in [0.15, 0.2) is 9.84 Å². The molecule has 0 bridgehead atoms. The van der Waals surface area contributed by atoms with E-state index in [0.29, 0.717) is 17.1 Å². The number of ether oxygens (including phenoxy) is 1. The van der Waals surface area contributed by atoms with E-state index in [4.69, 9.17) is 4.74 Å². The third-order valence-corrected chi connectivity index (χ3v) is 4.95. The molecule has 0 spiro atoms. The van der Waals surface area contributed by atoms with Gasteiger partial charge in [-0.05, 0) is 36.4 Å². The van der Waals surface area contributed by atoms with Gasteiger partial charge in [0, 0.05) is 17.8 Å². The molecule has 8 heteroatoms. The van der Waals surface area contributed by atoms with Crippen molar-refractivity contribution in [3.05, 3.63) is 54.6 Å². The van der Waals surface area contributed by atoms with E-state index < -0.39 is 33.2 Å². The first-order chi connectivity index (χ1) is 12.4. The second kappa shape index (κ2) is 9.00. The molecule has 26 heavy (non-hydrogen) atoms. The number of rotatable bonds is 8. The molecule has 138 valence electrons. The van der Waals surface area contributed by atoms with Crippen molar-refractivity contribution in [2.75, 3.05) is 29.2 Å². The number of nitrogens with one attached hydrogen (secondary N) is 2. The molecule has 0 fully saturated rings. The summed E-state index contributed by atoms with van der Waals surface area (Å²) in [6.07, 6.45) is -0.215. The van der Waals surface area contributed by atoms with Gasteiger partial charge in [-0.25, -0.2) is 8.42 Å². The van der Waals surface area contributed by atoms with Crippen molar-refractivity contribution in [3.8, 4) is 5.75 Å². The molecule has 0 aliphatic heterocycles. The number of methoxy groups -OCH3 is 1. The van der Waals surface area contributed by atoms with E-state index in [1.807, 2.05) is 6.07 Å². The monoisotopic (exact) mass is 376 g/mol. The Labute approximate surface area is 152 Å². The van der Waals surface area contributed by atoms with Crippen LogP contribution in [0.3, 0.4) is 0 Å². The maximum Gasteiger partial charge on any atom is 0.239 e. The minimum Gasteiger partial charge on any atom is -0.497 e. The van der Waals surface area contributed by atoms with Crippen LogP contribution in [0.1, 0.15) is 6.42 Å². The lowest BCUT2D eigenvalue weighted by Crippen LogP contribution is -2.26. The Morgan fingerprint density at radius 3 is 2.08 bits per heavy atom. The number of amides is 2. The smallest absolute Gasteiger partial charge is 0.239 e. The van der Waals surface area contributed by atoms with Crippen LogP contribution in [-0.2, 0) is 19.4 Å². The molecule has 0 radical (unpaired) electrons. The molecule has 0 saturated heterocycles. The molecule has 0 aromatic heterocycles. The zero-order valence-corrected chi connectivity index (χ0v) is 15.1. The average Bonchev–Trinajstić information content (AvgIpc) is 2.61. The summed E-state index contributed by atoms with van der Waals surface area (Å²) in [5.41, 5.74) is 1.06. The highest BCUT2D eigenvalue weighted by Crippen LogP contribution is 2.15. The Morgan fingerprint density at radius 1 is 0.885 bits per heavy atom. The molecule has 0 unspecified atom stereocenters. The van der Waals surface area contributed by atoms with Gasteiger partial charge >= 0.3 is 0 Å². The highest BCUT2D eigenvalue weighted by atomic mass is 32.2. The van der Waals surface area contributed by atoms with Crippen LogP contribution < -0.4 is 15.4 Å². The number of sulfone groups is 1. The number of carbonyl (C=O) groups is 2. The predicted molar refractivity (Wildman–Crippen MR) is 100.0 cm³/mol. The van der Waals surface area contributed by atoms with Gasteiger partial charge in [-0.3, -0.25) is 9.59 Å². The number of hydrogen-bond donors (Lipinski definition) is 2. The molecule has 2 N–H and O–H groups in total. The lowest BCUT2D eigenvalue weighted by atomic mass is 10.3. The first-order valence-corrected chi connectivity index (χ1v) is 9.69. The molecule has 0 atom stereocenters. The summed E-state index contributed by atoms with van der Waals surface area (Å²) in [5, 5.41) is 5.11. The molecule has 2 aromatic rings. The zero-order valence-electron chi connectivity index (χ0n) is 14.3. The van der Waals surface area contributed by atoms with Gasteiger partial charge in [0.1, 0.15) is 11.5 Å². The van der Waals surface area contributed by atoms with Gasteiger partial charge in [0.2, 0.25) is 11.8 Å². The maximum atomic E-state index is 12.0. The molecule has 2 rings (SSSR count). The quantitative estimate of drug-likeness (QED) is 0.734. The van der Waals surface area contributed by atoms with Crippen LogP contribution in [0.25, 0.3) is 0 Å². The summed E-state index contributed by atoms with van der Waals surface area (Å²) < 4.78 is 29.1. The summed E-state index contributed by atoms with van der Waals surface area (Å²) in [5.74, 6) is -1.53. The van der Waals surface area contributed by atoms with Gasteiger partial charge < -0.3 is 15.4 Å². The van der Waals surface area contributed by atoms with Crippen LogP contribution >= 0.6 is 0 Å². The first kappa shape index (κ1) is 19.5. The SMILES string of the molecule is COc1ccc(NC(=O)CS(=O)(=O)CCC(=O)Nc2ccccc2)cc1. The third kappa shape index (κ3) is 6.56. The molecule has 0 heterocycles. The molecule has 0 saturated carbocycles. The normalized spacial score (nSPS) is 10.8. The lowest BCUT2D eigenvalue weighted by molar-refractivity contribution is -0.116. The molecule has 2 amide bonds. The summed E-state index contributed by atoms with van der Waals surface area (Å²) >= 11 is 0. The van der Waals surface area contributed by atoms with Gasteiger partial charge in [-0.2, -0.15) is 0 Å². The number of benzene rings is 2. The second-order valence-corrected chi connectivity index (χ2v) is 7.72. The minimum atomic E-state index is -3.70. The largest absolute Gasteiger partial charge is 0.497 e. The summed E-state index contributed by atoms with van der Waals surface area (Å²) in [6, 6.07) is 15.3. The van der Waals surface area contributed by atoms with E-state index in [0.717, 1.165) is 0 Å². The first-order valence-electron chi connectivity index (χ1n) is 7.87. The van der Waals surface area contributed by atoms with E-state index in [1.165, 1.54) is 7.11 Å². The fourth-order valence-corrected chi connectivity index (χ4v) is 3.25. The Kier molecular flexibility index (Phi) is 6.74. The number of hydrogen-bond acceptors (Lipinski definition) is 5. The highest BCUT2D eigenvalue weighted by molar-refractivity contribution is 7.92. The summed E-state index contributed by atoms with van der Waals surface area (Å²) in [6.45, 7) is 0. The standard InChI is InChI=1S/C18H20N2O5S/c1-25-16-9-7-15(8-10-16)20-18(22)13-26(23,24)12-11-17(21)19-14-5-3-2-4-6-14/h2-10H,11-13H2,1H3,(H,19,21)(H,20,22). The van der Waals surface area contributed by atoms with Crippen LogP contribution in [0.15, 0.2) is 54.6 Å². The number of carbonyl (C=O) groups excluding carboxylic acids is 2. The van der Waals surface area contributed by atoms with Gasteiger partial charge in [-0.15, -0.1) is 0 Å². The fourth-order valence-electron chi connectivity index (χ4n) is 2.14. The van der Waals surface area contributed by atoms with Crippen molar-refractivity contribution in [2.45, 2.75) is 6.42 Å². The van der Waals surface area contributed by atoms with E-state index in [1.54, 1.807) is 48.5 Å². The Morgan fingerprint density at radius 2 is 1.46 bits per heavy atom. The second-order valence-electron chi connectivity index (χ2n) is 5.53. The van der Waals surface area contributed by atoms with Crippen molar-refractivity contribution in [1.29, 1.82) is 0 Å². The molecular formula is C18H20N2O5S. The van der Waals surface area contributed by atoms with Crippen LogP contribution in [-0.4, -0.2) is 38.8 Å². The Bertz CT molecular complexity index is 849. The Balaban J connectivity index is 1.81. The van der Waals surface area contributed by atoms with Crippen LogP contribution in [0.4, 0.5) is 11.4 Å². The molecule has 0 aliphatic carbocycles. The van der Waals surface area contributed by atoms with E-state index in [2.05, 4.69) is 10.6 Å². The van der Waals surface area contributed by atoms with Gasteiger partial charge in [0.05, 0.1) is 12.9 Å². The van der Waals surface area contributed by atoms with Crippen LogP contribution in [0.2, 0.25) is 0 Å². The third-order valence-electron chi connectivity index (χ3n) is 3.42. The Hall–Kier alpha value is -2.87. The fraction of sp³-hybridized carbons (Fsp3) is 0.222. The number of para-hydroxylation sites is 1. The van der Waals surface area contributed by atoms with Crippen LogP contribution in [0.5, 0.6) is 5.75 Å².